The Labute approximate surface area is 172 Å². The van der Waals surface area contributed by atoms with Crippen molar-refractivity contribution >= 4 is 8.07 Å². The predicted molar refractivity (Wildman–Crippen MR) is 83.4 cm³/mol. The third-order valence-electron chi connectivity index (χ3n) is 5.52. The van der Waals surface area contributed by atoms with Gasteiger partial charge in [-0.3, -0.25) is 6.08 Å². The molecule has 5 heteroatoms. The van der Waals surface area contributed by atoms with Gasteiger partial charge in [-0.1, -0.05) is 72.0 Å². The molecule has 0 N–H and O–H groups in total. The molecular formula is C17H29Cl3SiTi. The number of halogens is 3. The van der Waals surface area contributed by atoms with Crippen LogP contribution >= 0.6 is 0 Å². The van der Waals surface area contributed by atoms with Gasteiger partial charge in [0.2, 0.25) is 0 Å². The Morgan fingerprint density at radius 3 is 2.05 bits per heavy atom. The Bertz CT molecular complexity index is 409. The van der Waals surface area contributed by atoms with Crippen LogP contribution in [0, 0.1) is 12.0 Å². The summed E-state index contributed by atoms with van der Waals surface area (Å²) in [7, 11) is -1.19. The average molecular weight is 416 g/mol. The summed E-state index contributed by atoms with van der Waals surface area (Å²) < 4.78 is 0. The Kier molecular flexibility index (Phi) is 13.2. The van der Waals surface area contributed by atoms with Gasteiger partial charge in [0.25, 0.3) is 0 Å². The number of allylic oxidation sites excluding steroid dienone is 4. The van der Waals surface area contributed by atoms with Crippen molar-refractivity contribution in [2.75, 3.05) is 0 Å². The molecule has 22 heavy (non-hydrogen) atoms. The van der Waals surface area contributed by atoms with E-state index in [0.29, 0.717) is 11.0 Å². The van der Waals surface area contributed by atoms with Crippen molar-refractivity contribution in [3.05, 3.63) is 22.8 Å². The van der Waals surface area contributed by atoms with E-state index in [9.17, 15) is 0 Å². The fraction of sp³-hybridized carbons (Fsp3) is 0.765. The second-order valence-electron chi connectivity index (χ2n) is 7.87. The van der Waals surface area contributed by atoms with Gasteiger partial charge in [0.05, 0.1) is 8.07 Å². The van der Waals surface area contributed by atoms with Crippen LogP contribution in [0.5, 0.6) is 0 Å². The molecule has 0 saturated heterocycles. The summed E-state index contributed by atoms with van der Waals surface area (Å²) in [6.07, 6.45) is 9.27. The first-order valence-electron chi connectivity index (χ1n) is 7.55. The van der Waals surface area contributed by atoms with Crippen LogP contribution in [-0.4, -0.2) is 8.07 Å². The summed E-state index contributed by atoms with van der Waals surface area (Å²) in [5.74, 6) is 0.668. The largest absolute Gasteiger partial charge is 4.00 e. The number of rotatable bonds is 2. The van der Waals surface area contributed by atoms with Crippen molar-refractivity contribution in [3.63, 3.8) is 0 Å². The molecule has 0 aliphatic heterocycles. The van der Waals surface area contributed by atoms with Crippen molar-refractivity contribution in [2.45, 2.75) is 77.6 Å². The van der Waals surface area contributed by atoms with Crippen LogP contribution in [0.15, 0.2) is 16.7 Å². The van der Waals surface area contributed by atoms with Gasteiger partial charge >= 0.3 is 21.7 Å². The van der Waals surface area contributed by atoms with E-state index in [1.165, 1.54) is 37.3 Å². The van der Waals surface area contributed by atoms with Crippen molar-refractivity contribution in [1.82, 2.24) is 0 Å². The van der Waals surface area contributed by atoms with Gasteiger partial charge in [-0.2, -0.15) is 11.1 Å². The molecule has 0 nitrogen and oxygen atoms in total. The molecule has 0 heterocycles. The van der Waals surface area contributed by atoms with Crippen molar-refractivity contribution in [2.24, 2.45) is 5.92 Å². The second-order valence-corrected chi connectivity index (χ2v) is 13.5. The monoisotopic (exact) mass is 414 g/mol. The maximum absolute atomic E-state index is 3.80. The number of hydrogen-bond acceptors (Lipinski definition) is 0. The molecule has 2 aliphatic carbocycles. The van der Waals surface area contributed by atoms with Crippen LogP contribution in [0.3, 0.4) is 0 Å². The van der Waals surface area contributed by atoms with Gasteiger partial charge in [-0.05, 0) is 11.5 Å². The predicted octanol–water partition coefficient (Wildman–Crippen LogP) is -3.25. The quantitative estimate of drug-likeness (QED) is 0.328. The smallest absolute Gasteiger partial charge is 1.00 e. The second kappa shape index (κ2) is 10.3. The zero-order valence-electron chi connectivity index (χ0n) is 14.7. The zero-order chi connectivity index (χ0) is 13.6. The third kappa shape index (κ3) is 5.97. The molecule has 0 aromatic carbocycles. The topological polar surface area (TPSA) is 0 Å². The number of hydrogen-bond donors (Lipinski definition) is 0. The molecule has 1 unspecified atom stereocenters. The summed E-state index contributed by atoms with van der Waals surface area (Å²) in [6, 6.07) is 1.40. The van der Waals surface area contributed by atoms with E-state index in [1.807, 2.05) is 0 Å². The van der Waals surface area contributed by atoms with Gasteiger partial charge < -0.3 is 37.2 Å². The SMILES string of the molecule is CC1=[C-]C(C[Si](C)(C)C(C)(C)C)C2=C1CCCC2.[Cl-].[Cl-].[Cl-].[Ti+4]. The van der Waals surface area contributed by atoms with E-state index in [-0.39, 0.29) is 58.9 Å². The molecule has 0 saturated carbocycles. The molecule has 0 amide bonds. The van der Waals surface area contributed by atoms with Crippen LogP contribution in [-0.2, 0) is 21.7 Å². The minimum absolute atomic E-state index is 0. The molecule has 0 radical (unpaired) electrons. The molecule has 0 spiro atoms. The standard InChI is InChI=1S/C17H29Si.3ClH.Ti/c1-13-11-14(12-18(5,6)17(2,3)4)16-10-8-7-9-15(13)16;;;;/h14H,7-10,12H2,1-6H3;3*1H;/q-1;;;;+4/p-3. The van der Waals surface area contributed by atoms with Gasteiger partial charge in [-0.25, -0.2) is 5.57 Å². The molecule has 0 aromatic rings. The van der Waals surface area contributed by atoms with E-state index in [1.54, 1.807) is 11.1 Å². The van der Waals surface area contributed by atoms with Crippen LogP contribution in [0.4, 0.5) is 0 Å². The van der Waals surface area contributed by atoms with Crippen LogP contribution in [0.25, 0.3) is 0 Å². The molecule has 126 valence electrons. The minimum atomic E-state index is -1.19. The van der Waals surface area contributed by atoms with Crippen LogP contribution < -0.4 is 37.2 Å². The van der Waals surface area contributed by atoms with Crippen molar-refractivity contribution in [1.29, 1.82) is 0 Å². The maximum atomic E-state index is 3.80. The molecule has 0 bridgehead atoms. The van der Waals surface area contributed by atoms with E-state index in [4.69, 9.17) is 0 Å². The fourth-order valence-electron chi connectivity index (χ4n) is 3.17. The first-order valence-corrected chi connectivity index (χ1v) is 10.8. The first-order chi connectivity index (χ1) is 8.22. The molecular weight excluding hydrogens is 386 g/mol. The molecule has 1 atom stereocenters. The van der Waals surface area contributed by atoms with Crippen LogP contribution in [0.1, 0.15) is 53.4 Å². The van der Waals surface area contributed by atoms with Gasteiger partial charge in [0, 0.05) is 0 Å². The van der Waals surface area contributed by atoms with E-state index in [2.05, 4.69) is 46.9 Å². The van der Waals surface area contributed by atoms with E-state index >= 15 is 0 Å². The first kappa shape index (κ1) is 28.1. The third-order valence-corrected chi connectivity index (χ3v) is 11.0. The average Bonchev–Trinajstić information content (AvgIpc) is 2.55. The van der Waals surface area contributed by atoms with Crippen molar-refractivity contribution < 1.29 is 58.9 Å². The minimum Gasteiger partial charge on any atom is -1.00 e. The summed E-state index contributed by atoms with van der Waals surface area (Å²) in [5, 5.41) is 0.501. The Hall–Kier alpha value is 1.28. The fourth-order valence-corrected chi connectivity index (χ4v) is 5.15. The summed E-state index contributed by atoms with van der Waals surface area (Å²) in [5.41, 5.74) is 4.93. The Morgan fingerprint density at radius 2 is 1.55 bits per heavy atom. The van der Waals surface area contributed by atoms with E-state index in [0.717, 1.165) is 0 Å². The van der Waals surface area contributed by atoms with Gasteiger partial charge in [0.1, 0.15) is 0 Å². The Balaban J connectivity index is -0.000000902. The van der Waals surface area contributed by atoms with Crippen LogP contribution in [0.2, 0.25) is 24.2 Å². The molecule has 2 rings (SSSR count). The maximum Gasteiger partial charge on any atom is 4.00 e. The van der Waals surface area contributed by atoms with E-state index < -0.39 is 8.07 Å². The van der Waals surface area contributed by atoms with Gasteiger partial charge in [0.15, 0.2) is 0 Å². The Morgan fingerprint density at radius 1 is 1.05 bits per heavy atom. The summed E-state index contributed by atoms with van der Waals surface area (Å²) in [4.78, 5) is 0. The summed E-state index contributed by atoms with van der Waals surface area (Å²) in [6.45, 7) is 14.7. The van der Waals surface area contributed by atoms with Gasteiger partial charge in [-0.15, -0.1) is 0 Å². The zero-order valence-corrected chi connectivity index (χ0v) is 19.6. The molecule has 2 aliphatic rings. The summed E-state index contributed by atoms with van der Waals surface area (Å²) >= 11 is 0. The molecule has 0 aromatic heterocycles. The normalized spacial score (nSPS) is 20.6. The van der Waals surface area contributed by atoms with Crippen molar-refractivity contribution in [3.8, 4) is 0 Å². The molecule has 0 fully saturated rings.